The zero-order valence-electron chi connectivity index (χ0n) is 7.57. The Labute approximate surface area is 99.5 Å². The lowest BCUT2D eigenvalue weighted by molar-refractivity contribution is -0.384. The number of nitrogens with zero attached hydrogens (tertiary/aromatic N) is 1. The second-order valence-electron chi connectivity index (χ2n) is 2.78. The van der Waals surface area contributed by atoms with Crippen LogP contribution in [0.25, 0.3) is 0 Å². The first kappa shape index (κ1) is 12.1. The smallest absolute Gasteiger partial charge is 0.270 e. The minimum absolute atomic E-state index is 0.101. The molecule has 80 valence electrons. The molecule has 1 rings (SSSR count). The molecule has 0 aliphatic carbocycles. The van der Waals surface area contributed by atoms with Crippen LogP contribution in [-0.2, 0) is 0 Å². The van der Waals surface area contributed by atoms with Gasteiger partial charge in [-0.05, 0) is 6.07 Å². The third kappa shape index (κ3) is 3.00. The quantitative estimate of drug-likeness (QED) is 0.371. The van der Waals surface area contributed by atoms with Gasteiger partial charge in [-0.25, -0.2) is 0 Å². The fourth-order valence-electron chi connectivity index (χ4n) is 1.06. The maximum Gasteiger partial charge on any atom is 0.270 e. The zero-order chi connectivity index (χ0) is 11.4. The van der Waals surface area contributed by atoms with Crippen molar-refractivity contribution in [3.05, 3.63) is 38.3 Å². The number of Topliss-reactive ketones (excluding diaryl/α,β-unsaturated/α-hetero) is 1. The van der Waals surface area contributed by atoms with Gasteiger partial charge in [0, 0.05) is 34.5 Å². The summed E-state index contributed by atoms with van der Waals surface area (Å²) in [5, 5.41) is 10.5. The minimum Gasteiger partial charge on any atom is -0.294 e. The van der Waals surface area contributed by atoms with E-state index in [1.807, 2.05) is 0 Å². The molecule has 0 aliphatic rings. The molecule has 0 bridgehead atoms. The topological polar surface area (TPSA) is 60.2 Å². The van der Waals surface area contributed by atoms with Gasteiger partial charge in [-0.1, -0.05) is 15.9 Å². The molecule has 0 spiro atoms. The highest BCUT2D eigenvalue weighted by molar-refractivity contribution is 9.10. The monoisotopic (exact) mass is 291 g/mol. The average Bonchev–Trinajstić information content (AvgIpc) is 2.18. The van der Waals surface area contributed by atoms with E-state index < -0.39 is 4.92 Å². The van der Waals surface area contributed by atoms with E-state index in [0.717, 1.165) is 0 Å². The lowest BCUT2D eigenvalue weighted by atomic mass is 10.1. The summed E-state index contributed by atoms with van der Waals surface area (Å²) in [7, 11) is 0. The van der Waals surface area contributed by atoms with Crippen LogP contribution in [0.1, 0.15) is 16.8 Å². The molecule has 0 heterocycles. The molecule has 15 heavy (non-hydrogen) atoms. The summed E-state index contributed by atoms with van der Waals surface area (Å²) in [6.07, 6.45) is 0.168. The number of hydrogen-bond acceptors (Lipinski definition) is 3. The normalized spacial score (nSPS) is 10.0. The van der Waals surface area contributed by atoms with E-state index in [4.69, 9.17) is 11.6 Å². The molecule has 0 unspecified atom stereocenters. The Morgan fingerprint density at radius 2 is 2.20 bits per heavy atom. The van der Waals surface area contributed by atoms with Crippen LogP contribution < -0.4 is 0 Å². The number of nitro groups is 1. The molecule has 0 radical (unpaired) electrons. The molecule has 0 saturated carbocycles. The van der Waals surface area contributed by atoms with E-state index in [2.05, 4.69) is 15.9 Å². The Balaban J connectivity index is 3.10. The van der Waals surface area contributed by atoms with Gasteiger partial charge in [0.1, 0.15) is 0 Å². The summed E-state index contributed by atoms with van der Waals surface area (Å²) in [6, 6.07) is 4.07. The second-order valence-corrected chi connectivity index (χ2v) is 4.02. The predicted octanol–water partition coefficient (Wildman–Crippen LogP) is 3.17. The summed E-state index contributed by atoms with van der Waals surface area (Å²) < 4.78 is 0.545. The van der Waals surface area contributed by atoms with Crippen LogP contribution in [0.4, 0.5) is 5.69 Å². The maximum absolute atomic E-state index is 11.5. The number of non-ortho nitro benzene ring substituents is 1. The summed E-state index contributed by atoms with van der Waals surface area (Å²) in [6.45, 7) is 0. The molecule has 0 aliphatic heterocycles. The van der Waals surface area contributed by atoms with Gasteiger partial charge < -0.3 is 0 Å². The first-order valence-corrected chi connectivity index (χ1v) is 5.42. The van der Waals surface area contributed by atoms with Crippen molar-refractivity contribution in [3.63, 3.8) is 0 Å². The second kappa shape index (κ2) is 5.23. The van der Waals surface area contributed by atoms with E-state index in [0.29, 0.717) is 10.0 Å². The maximum atomic E-state index is 11.5. The molecule has 1 aromatic rings. The molecule has 0 atom stereocenters. The van der Waals surface area contributed by atoms with Crippen molar-refractivity contribution >= 4 is 39.0 Å². The number of carbonyl (C=O) groups excluding carboxylic acids is 1. The van der Waals surface area contributed by atoms with Gasteiger partial charge in [-0.2, -0.15) is 0 Å². The molecule has 0 aromatic heterocycles. The van der Waals surface area contributed by atoms with Gasteiger partial charge in [0.15, 0.2) is 5.78 Å². The van der Waals surface area contributed by atoms with E-state index in [-0.39, 0.29) is 23.8 Å². The van der Waals surface area contributed by atoms with Crippen LogP contribution in [0.5, 0.6) is 0 Å². The Hall–Kier alpha value is -0.940. The van der Waals surface area contributed by atoms with Crippen LogP contribution in [-0.4, -0.2) is 16.6 Å². The molecular weight excluding hydrogens is 285 g/mol. The van der Waals surface area contributed by atoms with E-state index >= 15 is 0 Å². The SMILES string of the molecule is O=C(CCCl)c1cc([N+](=O)[O-])ccc1Br. The van der Waals surface area contributed by atoms with Crippen molar-refractivity contribution in [3.8, 4) is 0 Å². The van der Waals surface area contributed by atoms with Gasteiger partial charge >= 0.3 is 0 Å². The third-order valence-corrected chi connectivity index (χ3v) is 2.66. The van der Waals surface area contributed by atoms with Crippen LogP contribution in [0.2, 0.25) is 0 Å². The number of ketones is 1. The largest absolute Gasteiger partial charge is 0.294 e. The lowest BCUT2D eigenvalue weighted by Crippen LogP contribution is -2.02. The number of halogens is 2. The highest BCUT2D eigenvalue weighted by atomic mass is 79.9. The Morgan fingerprint density at radius 3 is 2.73 bits per heavy atom. The number of nitro benzene ring substituents is 1. The highest BCUT2D eigenvalue weighted by Gasteiger charge is 2.14. The van der Waals surface area contributed by atoms with Crippen molar-refractivity contribution < 1.29 is 9.72 Å². The van der Waals surface area contributed by atoms with Gasteiger partial charge in [0.25, 0.3) is 5.69 Å². The Morgan fingerprint density at radius 1 is 1.53 bits per heavy atom. The minimum atomic E-state index is -0.538. The van der Waals surface area contributed by atoms with Crippen LogP contribution in [0, 0.1) is 10.1 Å². The first-order valence-electron chi connectivity index (χ1n) is 4.09. The van der Waals surface area contributed by atoms with Crippen molar-refractivity contribution in [2.24, 2.45) is 0 Å². The number of hydrogen-bond donors (Lipinski definition) is 0. The molecule has 4 nitrogen and oxygen atoms in total. The molecule has 0 amide bonds. The van der Waals surface area contributed by atoms with Crippen molar-refractivity contribution in [2.45, 2.75) is 6.42 Å². The van der Waals surface area contributed by atoms with Crippen molar-refractivity contribution in [2.75, 3.05) is 5.88 Å². The average molecular weight is 293 g/mol. The summed E-state index contributed by atoms with van der Waals surface area (Å²) in [4.78, 5) is 21.5. The molecule has 1 aromatic carbocycles. The molecule has 6 heteroatoms. The third-order valence-electron chi connectivity index (χ3n) is 1.78. The lowest BCUT2D eigenvalue weighted by Gasteiger charge is -2.01. The fraction of sp³-hybridized carbons (Fsp3) is 0.222. The van der Waals surface area contributed by atoms with Crippen LogP contribution in [0.15, 0.2) is 22.7 Å². The van der Waals surface area contributed by atoms with Crippen molar-refractivity contribution in [1.82, 2.24) is 0 Å². The van der Waals surface area contributed by atoms with Gasteiger partial charge in [-0.3, -0.25) is 14.9 Å². The standard InChI is InChI=1S/C9H7BrClNO3/c10-8-2-1-6(12(14)15)5-7(8)9(13)3-4-11/h1-2,5H,3-4H2. The molecular formula is C9H7BrClNO3. The Bertz CT molecular complexity index is 408. The molecule has 0 saturated heterocycles. The molecule has 0 fully saturated rings. The number of alkyl halides is 1. The first-order chi connectivity index (χ1) is 7.06. The summed E-state index contributed by atoms with van der Waals surface area (Å²) >= 11 is 8.59. The Kier molecular flexibility index (Phi) is 4.23. The van der Waals surface area contributed by atoms with Crippen LogP contribution >= 0.6 is 27.5 Å². The predicted molar refractivity (Wildman–Crippen MR) is 60.5 cm³/mol. The fourth-order valence-corrected chi connectivity index (χ4v) is 1.70. The van der Waals surface area contributed by atoms with Crippen LogP contribution in [0.3, 0.4) is 0 Å². The number of rotatable bonds is 4. The van der Waals surface area contributed by atoms with E-state index in [1.165, 1.54) is 18.2 Å². The van der Waals surface area contributed by atoms with Gasteiger partial charge in [-0.15, -0.1) is 11.6 Å². The number of benzene rings is 1. The zero-order valence-corrected chi connectivity index (χ0v) is 9.92. The molecule has 0 N–H and O–H groups in total. The summed E-state index contributed by atoms with van der Waals surface area (Å²) in [5.41, 5.74) is 0.195. The number of carbonyl (C=O) groups is 1. The van der Waals surface area contributed by atoms with E-state index in [9.17, 15) is 14.9 Å². The van der Waals surface area contributed by atoms with E-state index in [1.54, 1.807) is 0 Å². The highest BCUT2D eigenvalue weighted by Crippen LogP contribution is 2.23. The van der Waals surface area contributed by atoms with Gasteiger partial charge in [0.05, 0.1) is 4.92 Å². The van der Waals surface area contributed by atoms with Crippen molar-refractivity contribution in [1.29, 1.82) is 0 Å². The summed E-state index contributed by atoms with van der Waals surface area (Å²) in [5.74, 6) is -0.00545. The van der Waals surface area contributed by atoms with Gasteiger partial charge in [0.2, 0.25) is 0 Å².